The van der Waals surface area contributed by atoms with Crippen molar-refractivity contribution in [1.29, 1.82) is 0 Å². The lowest BCUT2D eigenvalue weighted by Crippen LogP contribution is -2.54. The Morgan fingerprint density at radius 1 is 1.19 bits per heavy atom. The molecule has 1 aliphatic rings. The van der Waals surface area contributed by atoms with E-state index < -0.39 is 16.2 Å². The van der Waals surface area contributed by atoms with Crippen molar-refractivity contribution in [3.05, 3.63) is 40.4 Å². The molecule has 0 saturated carbocycles. The maximum atomic E-state index is 13.0. The number of allylic oxidation sites excluding steroid dienone is 2. The molecule has 2 unspecified atom stereocenters. The van der Waals surface area contributed by atoms with Crippen molar-refractivity contribution < 1.29 is 14.3 Å². The predicted octanol–water partition coefficient (Wildman–Crippen LogP) is 5.25. The van der Waals surface area contributed by atoms with Gasteiger partial charge in [-0.25, -0.2) is 4.99 Å². The molecule has 0 saturated heterocycles. The van der Waals surface area contributed by atoms with Crippen LogP contribution in [0.2, 0.25) is 0 Å². The molecule has 0 radical (unpaired) electrons. The number of hydrogen-bond acceptors (Lipinski definition) is 3. The summed E-state index contributed by atoms with van der Waals surface area (Å²) < 4.78 is 5.09. The average Bonchev–Trinajstić information content (AvgIpc) is 2.63. The third-order valence-corrected chi connectivity index (χ3v) is 6.53. The van der Waals surface area contributed by atoms with Gasteiger partial charge in [-0.1, -0.05) is 39.3 Å². The molecule has 1 aromatic carbocycles. The molecule has 0 heterocycles. The van der Waals surface area contributed by atoms with Crippen LogP contribution in [0.3, 0.4) is 0 Å². The van der Waals surface area contributed by atoms with Crippen LogP contribution in [-0.2, 0) is 4.79 Å². The fourth-order valence-electron chi connectivity index (χ4n) is 2.95. The Morgan fingerprint density at radius 2 is 1.74 bits per heavy atom. The monoisotopic (exact) mass is 429 g/mol. The molecule has 146 valence electrons. The van der Waals surface area contributed by atoms with Gasteiger partial charge in [-0.15, -0.1) is 23.2 Å². The first kappa shape index (κ1) is 21.9. The number of alkyl halides is 2. The minimum Gasteiger partial charge on any atom is -0.497 e. The van der Waals surface area contributed by atoms with Crippen LogP contribution in [0.15, 0.2) is 39.9 Å². The second kappa shape index (κ2) is 8.34. The Kier molecular flexibility index (Phi) is 6.77. The van der Waals surface area contributed by atoms with E-state index in [1.807, 2.05) is 13.8 Å². The summed E-state index contributed by atoms with van der Waals surface area (Å²) in [5.74, 6) is -0.676. The molecule has 0 spiro atoms. The van der Waals surface area contributed by atoms with Gasteiger partial charge >= 0.3 is 0 Å². The lowest BCUT2D eigenvalue weighted by Gasteiger charge is -2.39. The van der Waals surface area contributed by atoms with E-state index in [4.69, 9.17) is 39.5 Å². The molecule has 7 heteroatoms. The maximum absolute atomic E-state index is 13.0. The molecule has 0 aliphatic heterocycles. The minimum atomic E-state index is -1.42. The Morgan fingerprint density at radius 3 is 2.19 bits per heavy atom. The third kappa shape index (κ3) is 3.94. The summed E-state index contributed by atoms with van der Waals surface area (Å²) in [5, 5.41) is -0.919. The van der Waals surface area contributed by atoms with E-state index in [1.165, 1.54) is 7.11 Å². The van der Waals surface area contributed by atoms with Crippen LogP contribution in [0.4, 0.5) is 0 Å². The highest BCUT2D eigenvalue weighted by Crippen LogP contribution is 2.44. The number of hydrogen-bond donors (Lipinski definition) is 0. The quantitative estimate of drug-likeness (QED) is 0.613. The summed E-state index contributed by atoms with van der Waals surface area (Å²) in [6, 6.07) is 6.51. The number of rotatable bonds is 4. The largest absolute Gasteiger partial charge is 0.497 e. The van der Waals surface area contributed by atoms with Gasteiger partial charge in [-0.2, -0.15) is 0 Å². The van der Waals surface area contributed by atoms with Crippen molar-refractivity contribution >= 4 is 52.2 Å². The van der Waals surface area contributed by atoms with Gasteiger partial charge in [0.05, 0.1) is 17.9 Å². The standard InChI is InChI=1S/C20H22Cl3NO3/c1-10(2)14-15(21)16(17(22)20(23,11(3)4)18(14)25)24-19(26)12-6-8-13(27-5)9-7-12/h6-11,17H,1-5H3. The number of carbonyl (C=O) groups is 2. The van der Waals surface area contributed by atoms with Gasteiger partial charge in [0.15, 0.2) is 5.78 Å². The van der Waals surface area contributed by atoms with Gasteiger partial charge in [-0.05, 0) is 36.1 Å². The highest BCUT2D eigenvalue weighted by Gasteiger charge is 2.54. The van der Waals surface area contributed by atoms with Crippen LogP contribution in [0, 0.1) is 11.8 Å². The van der Waals surface area contributed by atoms with Gasteiger partial charge in [0.1, 0.15) is 16.0 Å². The molecule has 1 aliphatic carbocycles. The predicted molar refractivity (Wildman–Crippen MR) is 111 cm³/mol. The molecule has 27 heavy (non-hydrogen) atoms. The number of aliphatic imine (C=N–C) groups is 1. The van der Waals surface area contributed by atoms with Crippen molar-refractivity contribution in [2.24, 2.45) is 16.8 Å². The van der Waals surface area contributed by atoms with Crippen LogP contribution < -0.4 is 4.74 Å². The van der Waals surface area contributed by atoms with E-state index >= 15 is 0 Å². The van der Waals surface area contributed by atoms with E-state index in [0.29, 0.717) is 16.9 Å². The molecule has 1 amide bonds. The lowest BCUT2D eigenvalue weighted by molar-refractivity contribution is -0.119. The highest BCUT2D eigenvalue weighted by atomic mass is 35.5. The molecule has 2 atom stereocenters. The summed E-state index contributed by atoms with van der Waals surface area (Å²) in [6.45, 7) is 7.29. The van der Waals surface area contributed by atoms with Gasteiger partial charge in [0.2, 0.25) is 0 Å². The zero-order valence-electron chi connectivity index (χ0n) is 15.8. The number of amides is 1. The molecular formula is C20H22Cl3NO3. The van der Waals surface area contributed by atoms with E-state index in [-0.39, 0.29) is 28.4 Å². The first-order valence-corrected chi connectivity index (χ1v) is 9.79. The third-order valence-electron chi connectivity index (χ3n) is 4.64. The maximum Gasteiger partial charge on any atom is 0.277 e. The molecule has 2 rings (SSSR count). The number of benzene rings is 1. The fraction of sp³-hybridized carbons (Fsp3) is 0.450. The Labute approximate surface area is 174 Å². The van der Waals surface area contributed by atoms with E-state index in [9.17, 15) is 9.59 Å². The van der Waals surface area contributed by atoms with Crippen molar-refractivity contribution in [1.82, 2.24) is 0 Å². The second-order valence-electron chi connectivity index (χ2n) is 7.03. The molecule has 1 aromatic rings. The van der Waals surface area contributed by atoms with Crippen LogP contribution >= 0.6 is 34.8 Å². The van der Waals surface area contributed by atoms with E-state index in [1.54, 1.807) is 38.1 Å². The molecule has 4 nitrogen and oxygen atoms in total. The van der Waals surface area contributed by atoms with Gasteiger partial charge in [0.25, 0.3) is 5.91 Å². The Hall–Kier alpha value is -1.36. The van der Waals surface area contributed by atoms with E-state index in [2.05, 4.69) is 4.99 Å². The van der Waals surface area contributed by atoms with Gasteiger partial charge in [0, 0.05) is 11.1 Å². The van der Waals surface area contributed by atoms with Crippen molar-refractivity contribution in [2.45, 2.75) is 37.9 Å². The van der Waals surface area contributed by atoms with Crippen LogP contribution in [-0.4, -0.2) is 34.8 Å². The number of Topliss-reactive ketones (excluding diaryl/α,β-unsaturated/α-hetero) is 1. The number of carbonyl (C=O) groups excluding carboxylic acids is 2. The summed E-state index contributed by atoms with van der Waals surface area (Å²) >= 11 is 19.7. The van der Waals surface area contributed by atoms with Crippen LogP contribution in [0.5, 0.6) is 5.75 Å². The highest BCUT2D eigenvalue weighted by molar-refractivity contribution is 6.59. The topological polar surface area (TPSA) is 55.7 Å². The first-order valence-electron chi connectivity index (χ1n) is 8.60. The molecule has 0 aromatic heterocycles. The van der Waals surface area contributed by atoms with Crippen LogP contribution in [0.1, 0.15) is 38.1 Å². The number of halogens is 3. The number of ketones is 1. The van der Waals surface area contributed by atoms with Crippen molar-refractivity contribution in [3.8, 4) is 5.75 Å². The van der Waals surface area contributed by atoms with E-state index in [0.717, 1.165) is 0 Å². The van der Waals surface area contributed by atoms with Crippen molar-refractivity contribution in [3.63, 3.8) is 0 Å². The Bertz CT molecular complexity index is 812. The SMILES string of the molecule is COc1ccc(C(=O)N=C2C(Cl)=C(C(C)C)C(=O)C(Cl)(C(C)C)C2Cl)cc1. The normalized spacial score (nSPS) is 24.9. The summed E-state index contributed by atoms with van der Waals surface area (Å²) in [6.07, 6.45) is 0. The Balaban J connectivity index is 2.58. The lowest BCUT2D eigenvalue weighted by atomic mass is 9.75. The van der Waals surface area contributed by atoms with Gasteiger partial charge in [-0.3, -0.25) is 9.59 Å². The number of nitrogens with zero attached hydrogens (tertiary/aromatic N) is 1. The zero-order valence-corrected chi connectivity index (χ0v) is 18.1. The molecular weight excluding hydrogens is 409 g/mol. The average molecular weight is 431 g/mol. The second-order valence-corrected chi connectivity index (χ2v) is 8.47. The summed E-state index contributed by atoms with van der Waals surface area (Å²) in [7, 11) is 1.54. The number of ether oxygens (including phenoxy) is 1. The van der Waals surface area contributed by atoms with Crippen LogP contribution in [0.25, 0.3) is 0 Å². The fourth-order valence-corrected chi connectivity index (χ4v) is 4.18. The smallest absolute Gasteiger partial charge is 0.277 e. The number of methoxy groups -OCH3 is 1. The summed E-state index contributed by atoms with van der Waals surface area (Å²) in [4.78, 5) is 28.4. The zero-order chi connectivity index (χ0) is 20.5. The van der Waals surface area contributed by atoms with Crippen molar-refractivity contribution in [2.75, 3.05) is 7.11 Å². The molecule has 0 bridgehead atoms. The molecule has 0 N–H and O–H groups in total. The van der Waals surface area contributed by atoms with Gasteiger partial charge < -0.3 is 4.74 Å². The molecule has 0 fully saturated rings. The summed E-state index contributed by atoms with van der Waals surface area (Å²) in [5.41, 5.74) is 0.828. The minimum absolute atomic E-state index is 0.105. The first-order chi connectivity index (χ1) is 12.5.